The predicted octanol–water partition coefficient (Wildman–Crippen LogP) is 1.39. The van der Waals surface area contributed by atoms with Gasteiger partial charge in [-0.3, -0.25) is 4.79 Å². The van der Waals surface area contributed by atoms with Gasteiger partial charge in [-0.2, -0.15) is 0 Å². The number of carbonyl (C=O) groups excluding carboxylic acids is 1. The second kappa shape index (κ2) is 4.50. The fourth-order valence-electron chi connectivity index (χ4n) is 0.377. The third-order valence-electron chi connectivity index (χ3n) is 1.15. The van der Waals surface area contributed by atoms with Crippen molar-refractivity contribution < 1.29 is 9.53 Å². The van der Waals surface area contributed by atoms with E-state index in [1.54, 1.807) is 0 Å². The maximum absolute atomic E-state index is 10.3. The molecule has 0 aliphatic heterocycles. The Morgan fingerprint density at radius 3 is 2.56 bits per heavy atom. The van der Waals surface area contributed by atoms with Crippen LogP contribution in [0.5, 0.6) is 0 Å². The van der Waals surface area contributed by atoms with Gasteiger partial charge >= 0.3 is 0 Å². The zero-order chi connectivity index (χ0) is 7.28. The molecule has 0 bridgehead atoms. The van der Waals surface area contributed by atoms with Gasteiger partial charge in [0.25, 0.3) is 0 Å². The van der Waals surface area contributed by atoms with Crippen LogP contribution >= 0.6 is 0 Å². The molecule has 2 heteroatoms. The van der Waals surface area contributed by atoms with Crippen molar-refractivity contribution in [2.24, 2.45) is 0 Å². The van der Waals surface area contributed by atoms with Crippen LogP contribution in [0.15, 0.2) is 0 Å². The van der Waals surface area contributed by atoms with Crippen molar-refractivity contribution >= 4 is 5.78 Å². The lowest BCUT2D eigenvalue weighted by Gasteiger charge is -2.07. The van der Waals surface area contributed by atoms with Crippen molar-refractivity contribution in [3.05, 3.63) is 0 Å². The molecule has 0 unspecified atom stereocenters. The minimum atomic E-state index is 0.0929. The number of hydrogen-bond acceptors (Lipinski definition) is 2. The van der Waals surface area contributed by atoms with Crippen LogP contribution in [-0.2, 0) is 9.53 Å². The van der Waals surface area contributed by atoms with E-state index in [9.17, 15) is 4.79 Å². The standard InChI is InChI=1S/C7H14O2/c1-4-7(3)9-5-6(2)8/h7H,4-5H2,1-3H3/t7-/m0/s1. The summed E-state index contributed by atoms with van der Waals surface area (Å²) in [6, 6.07) is 0. The maximum atomic E-state index is 10.3. The monoisotopic (exact) mass is 130 g/mol. The Bertz CT molecular complexity index is 88.9. The Morgan fingerprint density at radius 1 is 1.67 bits per heavy atom. The van der Waals surface area contributed by atoms with Crippen LogP contribution in [0, 0.1) is 0 Å². The summed E-state index contributed by atoms with van der Waals surface area (Å²) in [4.78, 5) is 10.3. The molecule has 0 fully saturated rings. The number of carbonyl (C=O) groups is 1. The molecule has 0 aliphatic carbocycles. The first-order valence-electron chi connectivity index (χ1n) is 3.27. The van der Waals surface area contributed by atoms with E-state index in [-0.39, 0.29) is 18.5 Å². The summed E-state index contributed by atoms with van der Waals surface area (Å²) in [6.45, 7) is 5.78. The van der Waals surface area contributed by atoms with Crippen molar-refractivity contribution in [2.75, 3.05) is 6.61 Å². The molecule has 2 nitrogen and oxygen atoms in total. The third-order valence-corrected chi connectivity index (χ3v) is 1.15. The van der Waals surface area contributed by atoms with Crippen molar-refractivity contribution in [3.63, 3.8) is 0 Å². The second-order valence-electron chi connectivity index (χ2n) is 2.23. The van der Waals surface area contributed by atoms with E-state index < -0.39 is 0 Å². The Hall–Kier alpha value is -0.370. The zero-order valence-corrected chi connectivity index (χ0v) is 6.31. The topological polar surface area (TPSA) is 26.3 Å². The fraction of sp³-hybridized carbons (Fsp3) is 0.857. The summed E-state index contributed by atoms with van der Waals surface area (Å²) in [5, 5.41) is 0. The number of ether oxygens (including phenoxy) is 1. The lowest BCUT2D eigenvalue weighted by Crippen LogP contribution is -2.12. The summed E-state index contributed by atoms with van der Waals surface area (Å²) < 4.78 is 5.10. The molecule has 0 amide bonds. The van der Waals surface area contributed by atoms with Crippen LogP contribution in [0.25, 0.3) is 0 Å². The molecule has 0 radical (unpaired) electrons. The normalized spacial score (nSPS) is 13.2. The van der Waals surface area contributed by atoms with E-state index in [2.05, 4.69) is 0 Å². The molecular weight excluding hydrogens is 116 g/mol. The van der Waals surface area contributed by atoms with Crippen LogP contribution < -0.4 is 0 Å². The van der Waals surface area contributed by atoms with E-state index in [0.29, 0.717) is 0 Å². The van der Waals surface area contributed by atoms with Gasteiger partial charge in [0, 0.05) is 0 Å². The van der Waals surface area contributed by atoms with Crippen molar-refractivity contribution in [1.29, 1.82) is 0 Å². The van der Waals surface area contributed by atoms with Crippen LogP contribution in [0.3, 0.4) is 0 Å². The Kier molecular flexibility index (Phi) is 4.32. The van der Waals surface area contributed by atoms with Crippen molar-refractivity contribution in [2.45, 2.75) is 33.3 Å². The van der Waals surface area contributed by atoms with Crippen molar-refractivity contribution in [3.8, 4) is 0 Å². The first-order valence-corrected chi connectivity index (χ1v) is 3.27. The molecule has 0 saturated carbocycles. The van der Waals surface area contributed by atoms with Crippen LogP contribution in [0.1, 0.15) is 27.2 Å². The maximum Gasteiger partial charge on any atom is 0.155 e. The largest absolute Gasteiger partial charge is 0.371 e. The van der Waals surface area contributed by atoms with Gasteiger partial charge in [-0.25, -0.2) is 0 Å². The van der Waals surface area contributed by atoms with Gasteiger partial charge in [-0.05, 0) is 20.3 Å². The Balaban J connectivity index is 3.16. The van der Waals surface area contributed by atoms with Gasteiger partial charge in [0.1, 0.15) is 6.61 Å². The first-order chi connectivity index (χ1) is 4.16. The van der Waals surface area contributed by atoms with Crippen molar-refractivity contribution in [1.82, 2.24) is 0 Å². The highest BCUT2D eigenvalue weighted by Gasteiger charge is 1.98. The van der Waals surface area contributed by atoms with Crippen LogP contribution in [0.4, 0.5) is 0 Å². The minimum absolute atomic E-state index is 0.0929. The molecule has 0 aromatic heterocycles. The van der Waals surface area contributed by atoms with E-state index in [0.717, 1.165) is 6.42 Å². The molecule has 0 rings (SSSR count). The average Bonchev–Trinajstić information content (AvgIpc) is 1.83. The number of Topliss-reactive ketones (excluding diaryl/α,β-unsaturated/α-hetero) is 1. The molecule has 0 spiro atoms. The highest BCUT2D eigenvalue weighted by molar-refractivity contribution is 5.76. The van der Waals surface area contributed by atoms with E-state index in [4.69, 9.17) is 4.74 Å². The Morgan fingerprint density at radius 2 is 2.22 bits per heavy atom. The molecule has 0 heterocycles. The summed E-state index contributed by atoms with van der Waals surface area (Å²) in [5.41, 5.74) is 0. The molecule has 1 atom stereocenters. The molecule has 0 aromatic carbocycles. The lowest BCUT2D eigenvalue weighted by molar-refractivity contribution is -0.123. The van der Waals surface area contributed by atoms with Crippen LogP contribution in [0.2, 0.25) is 0 Å². The molecule has 0 aliphatic rings. The molecule has 9 heavy (non-hydrogen) atoms. The predicted molar refractivity (Wildman–Crippen MR) is 36.4 cm³/mol. The highest BCUT2D eigenvalue weighted by atomic mass is 16.5. The van der Waals surface area contributed by atoms with Gasteiger partial charge in [-0.15, -0.1) is 0 Å². The molecule has 54 valence electrons. The average molecular weight is 130 g/mol. The zero-order valence-electron chi connectivity index (χ0n) is 6.31. The van der Waals surface area contributed by atoms with Gasteiger partial charge in [0.15, 0.2) is 5.78 Å². The van der Waals surface area contributed by atoms with Crippen LogP contribution in [-0.4, -0.2) is 18.5 Å². The van der Waals surface area contributed by atoms with Gasteiger partial charge < -0.3 is 4.74 Å². The molecule has 0 aromatic rings. The Labute approximate surface area is 56.2 Å². The first kappa shape index (κ1) is 8.63. The number of rotatable bonds is 4. The third kappa shape index (κ3) is 5.50. The highest BCUT2D eigenvalue weighted by Crippen LogP contribution is 1.94. The van der Waals surface area contributed by atoms with Gasteiger partial charge in [0.2, 0.25) is 0 Å². The fourth-order valence-corrected chi connectivity index (χ4v) is 0.377. The van der Waals surface area contributed by atoms with E-state index in [1.165, 1.54) is 6.92 Å². The van der Waals surface area contributed by atoms with E-state index in [1.807, 2.05) is 13.8 Å². The summed E-state index contributed by atoms with van der Waals surface area (Å²) >= 11 is 0. The minimum Gasteiger partial charge on any atom is -0.371 e. The molecule has 0 N–H and O–H groups in total. The van der Waals surface area contributed by atoms with Gasteiger partial charge in [0.05, 0.1) is 6.10 Å². The number of hydrogen-bond donors (Lipinski definition) is 0. The number of ketones is 1. The molecule has 0 saturated heterocycles. The van der Waals surface area contributed by atoms with Gasteiger partial charge in [-0.1, -0.05) is 6.92 Å². The summed E-state index contributed by atoms with van der Waals surface area (Å²) in [6.07, 6.45) is 1.18. The molecular formula is C7H14O2. The quantitative estimate of drug-likeness (QED) is 0.574. The lowest BCUT2D eigenvalue weighted by atomic mass is 10.3. The SMILES string of the molecule is CC[C@H](C)OCC(C)=O. The summed E-state index contributed by atoms with van der Waals surface area (Å²) in [7, 11) is 0. The second-order valence-corrected chi connectivity index (χ2v) is 2.23. The van der Waals surface area contributed by atoms with E-state index >= 15 is 0 Å². The smallest absolute Gasteiger partial charge is 0.155 e. The summed E-state index contributed by atoms with van der Waals surface area (Å²) in [5.74, 6) is 0.0929.